The molecule has 0 aromatic rings. The second kappa shape index (κ2) is 2.31. The third-order valence-electron chi connectivity index (χ3n) is 1.55. The van der Waals surface area contributed by atoms with Gasteiger partial charge in [0, 0.05) is 5.57 Å². The van der Waals surface area contributed by atoms with E-state index in [0.717, 1.165) is 5.57 Å². The zero-order chi connectivity index (χ0) is 6.81. The van der Waals surface area contributed by atoms with Gasteiger partial charge in [-0.15, -0.1) is 0 Å². The van der Waals surface area contributed by atoms with Gasteiger partial charge >= 0.3 is 0 Å². The lowest BCUT2D eigenvalue weighted by Crippen LogP contribution is -2.19. The fourth-order valence-electron chi connectivity index (χ4n) is 1.04. The molecule has 0 amide bonds. The summed E-state index contributed by atoms with van der Waals surface area (Å²) in [6.45, 7) is 0.367. The first-order chi connectivity index (χ1) is 4.97. The zero-order valence-electron chi connectivity index (χ0n) is 5.49. The van der Waals surface area contributed by atoms with Crippen molar-refractivity contribution in [3.63, 3.8) is 0 Å². The second-order valence-corrected chi connectivity index (χ2v) is 2.23. The largest absolute Gasteiger partial charge is 0.475 e. The topological polar surface area (TPSA) is 18.5 Å². The monoisotopic (exact) mass is 136 g/mol. The molecule has 0 aromatic heterocycles. The number of fused-ring (bicyclic) bond motifs is 1. The van der Waals surface area contributed by atoms with Crippen LogP contribution in [0.4, 0.5) is 0 Å². The first-order valence-electron chi connectivity index (χ1n) is 3.25. The molecule has 0 fully saturated rings. The SMILES string of the molecule is C1=CC2=COCOC2C=C1. The van der Waals surface area contributed by atoms with E-state index in [4.69, 9.17) is 9.47 Å². The highest BCUT2D eigenvalue weighted by molar-refractivity contribution is 5.34. The van der Waals surface area contributed by atoms with Crippen LogP contribution in [0.2, 0.25) is 0 Å². The molecule has 2 heteroatoms. The summed E-state index contributed by atoms with van der Waals surface area (Å²) in [7, 11) is 0. The highest BCUT2D eigenvalue weighted by Gasteiger charge is 2.15. The maximum atomic E-state index is 5.25. The number of ether oxygens (including phenoxy) is 2. The molecule has 0 spiro atoms. The Labute approximate surface area is 59.4 Å². The van der Waals surface area contributed by atoms with Crippen LogP contribution in [0.15, 0.2) is 36.1 Å². The van der Waals surface area contributed by atoms with Gasteiger partial charge < -0.3 is 9.47 Å². The van der Waals surface area contributed by atoms with E-state index in [-0.39, 0.29) is 6.10 Å². The van der Waals surface area contributed by atoms with E-state index in [1.54, 1.807) is 6.26 Å². The minimum absolute atomic E-state index is 0.124. The smallest absolute Gasteiger partial charge is 0.189 e. The van der Waals surface area contributed by atoms with Crippen LogP contribution in [0.25, 0.3) is 0 Å². The van der Waals surface area contributed by atoms with Crippen molar-refractivity contribution in [1.29, 1.82) is 0 Å². The molecule has 2 nitrogen and oxygen atoms in total. The lowest BCUT2D eigenvalue weighted by molar-refractivity contribution is -0.0458. The van der Waals surface area contributed by atoms with Crippen LogP contribution in [-0.2, 0) is 9.47 Å². The molecular formula is C8H8O2. The third kappa shape index (κ3) is 0.866. The van der Waals surface area contributed by atoms with E-state index in [9.17, 15) is 0 Å². The molecule has 0 N–H and O–H groups in total. The van der Waals surface area contributed by atoms with Crippen LogP contribution in [0, 0.1) is 0 Å². The Morgan fingerprint density at radius 3 is 3.30 bits per heavy atom. The van der Waals surface area contributed by atoms with Gasteiger partial charge in [-0.05, 0) is 0 Å². The number of allylic oxidation sites excluding steroid dienone is 2. The van der Waals surface area contributed by atoms with Crippen LogP contribution >= 0.6 is 0 Å². The Morgan fingerprint density at radius 2 is 2.40 bits per heavy atom. The minimum Gasteiger partial charge on any atom is -0.475 e. The normalized spacial score (nSPS) is 28.8. The van der Waals surface area contributed by atoms with Crippen LogP contribution in [0.5, 0.6) is 0 Å². The summed E-state index contributed by atoms with van der Waals surface area (Å²) < 4.78 is 10.2. The van der Waals surface area contributed by atoms with Crippen molar-refractivity contribution in [3.05, 3.63) is 36.1 Å². The fraction of sp³-hybridized carbons (Fsp3) is 0.250. The van der Waals surface area contributed by atoms with Crippen molar-refractivity contribution in [2.45, 2.75) is 6.10 Å². The molecule has 0 saturated carbocycles. The molecule has 1 heterocycles. The molecule has 2 aliphatic rings. The maximum Gasteiger partial charge on any atom is 0.189 e. The molecular weight excluding hydrogens is 128 g/mol. The van der Waals surface area contributed by atoms with Gasteiger partial charge in [-0.1, -0.05) is 24.3 Å². The van der Waals surface area contributed by atoms with Crippen LogP contribution < -0.4 is 0 Å². The van der Waals surface area contributed by atoms with E-state index in [2.05, 4.69) is 0 Å². The van der Waals surface area contributed by atoms with E-state index >= 15 is 0 Å². The molecule has 1 atom stereocenters. The van der Waals surface area contributed by atoms with Crippen LogP contribution in [0.3, 0.4) is 0 Å². The van der Waals surface area contributed by atoms with Crippen LogP contribution in [-0.4, -0.2) is 12.9 Å². The Kier molecular flexibility index (Phi) is 1.32. The first-order valence-corrected chi connectivity index (χ1v) is 3.25. The Morgan fingerprint density at radius 1 is 1.40 bits per heavy atom. The summed E-state index contributed by atoms with van der Waals surface area (Å²) >= 11 is 0. The summed E-state index contributed by atoms with van der Waals surface area (Å²) in [5.74, 6) is 0. The van der Waals surface area contributed by atoms with Gasteiger partial charge in [0.25, 0.3) is 0 Å². The quantitative estimate of drug-likeness (QED) is 0.500. The van der Waals surface area contributed by atoms with Crippen molar-refractivity contribution >= 4 is 0 Å². The molecule has 2 rings (SSSR count). The molecule has 1 unspecified atom stereocenters. The summed E-state index contributed by atoms with van der Waals surface area (Å²) in [5.41, 5.74) is 1.09. The number of rotatable bonds is 0. The van der Waals surface area contributed by atoms with E-state index in [1.807, 2.05) is 24.3 Å². The third-order valence-corrected chi connectivity index (χ3v) is 1.55. The average Bonchev–Trinajstić information content (AvgIpc) is 2.05. The van der Waals surface area contributed by atoms with Gasteiger partial charge in [-0.25, -0.2) is 0 Å². The molecule has 0 bridgehead atoms. The van der Waals surface area contributed by atoms with Gasteiger partial charge in [0.2, 0.25) is 0 Å². The van der Waals surface area contributed by atoms with Crippen molar-refractivity contribution in [3.8, 4) is 0 Å². The lowest BCUT2D eigenvalue weighted by atomic mass is 10.1. The first kappa shape index (κ1) is 5.74. The van der Waals surface area contributed by atoms with Gasteiger partial charge in [0.1, 0.15) is 6.10 Å². The minimum atomic E-state index is 0.124. The molecule has 1 aliphatic carbocycles. The highest BCUT2D eigenvalue weighted by atomic mass is 16.7. The Hall–Kier alpha value is -1.02. The van der Waals surface area contributed by atoms with Crippen LogP contribution in [0.1, 0.15) is 0 Å². The molecule has 52 valence electrons. The molecule has 10 heavy (non-hydrogen) atoms. The number of hydrogen-bond acceptors (Lipinski definition) is 2. The summed E-state index contributed by atoms with van der Waals surface area (Å²) in [6, 6.07) is 0. The van der Waals surface area contributed by atoms with Gasteiger partial charge in [0.15, 0.2) is 6.79 Å². The average molecular weight is 136 g/mol. The Balaban J connectivity index is 2.27. The zero-order valence-corrected chi connectivity index (χ0v) is 5.49. The highest BCUT2D eigenvalue weighted by Crippen LogP contribution is 2.18. The standard InChI is InChI=1S/C8H8O2/c1-2-4-8-7(3-1)5-9-6-10-8/h1-5,8H,6H2. The summed E-state index contributed by atoms with van der Waals surface area (Å²) in [5, 5.41) is 0. The van der Waals surface area contributed by atoms with Gasteiger partial charge in [-0.3, -0.25) is 0 Å². The molecule has 0 saturated heterocycles. The second-order valence-electron chi connectivity index (χ2n) is 2.23. The number of hydrogen-bond donors (Lipinski definition) is 0. The predicted octanol–water partition coefficient (Wildman–Crippen LogP) is 1.37. The van der Waals surface area contributed by atoms with Gasteiger partial charge in [0.05, 0.1) is 6.26 Å². The fourth-order valence-corrected chi connectivity index (χ4v) is 1.04. The lowest BCUT2D eigenvalue weighted by Gasteiger charge is -2.21. The van der Waals surface area contributed by atoms with Crippen molar-refractivity contribution in [2.75, 3.05) is 6.79 Å². The Bertz CT molecular complexity index is 213. The van der Waals surface area contributed by atoms with Crippen molar-refractivity contribution in [2.24, 2.45) is 0 Å². The summed E-state index contributed by atoms with van der Waals surface area (Å²) in [4.78, 5) is 0. The molecule has 0 radical (unpaired) electrons. The van der Waals surface area contributed by atoms with E-state index in [0.29, 0.717) is 6.79 Å². The molecule has 0 aromatic carbocycles. The van der Waals surface area contributed by atoms with Crippen molar-refractivity contribution < 1.29 is 9.47 Å². The van der Waals surface area contributed by atoms with Gasteiger partial charge in [-0.2, -0.15) is 0 Å². The summed E-state index contributed by atoms with van der Waals surface area (Å²) in [6.07, 6.45) is 9.82. The predicted molar refractivity (Wildman–Crippen MR) is 37.2 cm³/mol. The van der Waals surface area contributed by atoms with E-state index < -0.39 is 0 Å². The van der Waals surface area contributed by atoms with Crippen molar-refractivity contribution in [1.82, 2.24) is 0 Å². The maximum absolute atomic E-state index is 5.25. The molecule has 1 aliphatic heterocycles. The van der Waals surface area contributed by atoms with E-state index in [1.165, 1.54) is 0 Å².